The molecule has 2 heteroatoms. The quantitative estimate of drug-likeness (QED) is 0.568. The second kappa shape index (κ2) is 3.18. The normalized spacial score (nSPS) is 36.7. The van der Waals surface area contributed by atoms with E-state index in [4.69, 9.17) is 4.74 Å². The second-order valence-electron chi connectivity index (χ2n) is 2.60. The number of hydrogen-bond acceptors (Lipinski definition) is 2. The van der Waals surface area contributed by atoms with Gasteiger partial charge in [-0.2, -0.15) is 0 Å². The van der Waals surface area contributed by atoms with Crippen LogP contribution in [-0.2, 0) is 4.74 Å². The number of aliphatic hydroxyl groups excluding tert-OH is 1. The summed E-state index contributed by atoms with van der Waals surface area (Å²) in [5.74, 6) is 0.388. The van der Waals surface area contributed by atoms with Crippen LogP contribution < -0.4 is 0 Å². The van der Waals surface area contributed by atoms with Gasteiger partial charge in [0, 0.05) is 12.5 Å². The molecule has 0 aromatic carbocycles. The van der Waals surface area contributed by atoms with Crippen LogP contribution in [0.25, 0.3) is 0 Å². The first-order chi connectivity index (χ1) is 4.34. The van der Waals surface area contributed by atoms with Gasteiger partial charge in [-0.1, -0.05) is 6.92 Å². The standard InChI is InChI=1S/C7H14O2/c1-2-6-5-9-4-3-7(6)8/h6-8H,2-5H2,1H3/t6-,7-/m0/s1. The summed E-state index contributed by atoms with van der Waals surface area (Å²) in [6.45, 7) is 3.57. The molecule has 9 heavy (non-hydrogen) atoms. The summed E-state index contributed by atoms with van der Waals surface area (Å²) >= 11 is 0. The van der Waals surface area contributed by atoms with Crippen molar-refractivity contribution in [2.45, 2.75) is 25.9 Å². The lowest BCUT2D eigenvalue weighted by Crippen LogP contribution is -2.31. The molecule has 0 spiro atoms. The first kappa shape index (κ1) is 7.03. The largest absolute Gasteiger partial charge is 0.393 e. The lowest BCUT2D eigenvalue weighted by Gasteiger charge is -2.26. The number of rotatable bonds is 1. The number of aliphatic hydroxyl groups is 1. The van der Waals surface area contributed by atoms with Crippen molar-refractivity contribution in [2.24, 2.45) is 5.92 Å². The summed E-state index contributed by atoms with van der Waals surface area (Å²) in [7, 11) is 0. The maximum Gasteiger partial charge on any atom is 0.0612 e. The summed E-state index contributed by atoms with van der Waals surface area (Å²) < 4.78 is 5.18. The van der Waals surface area contributed by atoms with Crippen molar-refractivity contribution in [3.63, 3.8) is 0 Å². The summed E-state index contributed by atoms with van der Waals surface area (Å²) in [6.07, 6.45) is 1.74. The smallest absolute Gasteiger partial charge is 0.0612 e. The maximum absolute atomic E-state index is 9.29. The molecule has 2 atom stereocenters. The SMILES string of the molecule is CC[C@H]1COCC[C@@H]1O. The van der Waals surface area contributed by atoms with Crippen LogP contribution in [0.2, 0.25) is 0 Å². The van der Waals surface area contributed by atoms with Gasteiger partial charge in [0.2, 0.25) is 0 Å². The van der Waals surface area contributed by atoms with E-state index in [0.717, 1.165) is 26.1 Å². The summed E-state index contributed by atoms with van der Waals surface area (Å²) in [6, 6.07) is 0. The third-order valence-corrected chi connectivity index (χ3v) is 1.96. The molecule has 54 valence electrons. The van der Waals surface area contributed by atoms with E-state index in [-0.39, 0.29) is 6.10 Å². The summed E-state index contributed by atoms with van der Waals surface area (Å²) in [5, 5.41) is 9.29. The molecule has 2 nitrogen and oxygen atoms in total. The van der Waals surface area contributed by atoms with E-state index in [1.807, 2.05) is 0 Å². The van der Waals surface area contributed by atoms with E-state index in [0.29, 0.717) is 5.92 Å². The molecule has 1 aliphatic heterocycles. The predicted octanol–water partition coefficient (Wildman–Crippen LogP) is 0.794. The van der Waals surface area contributed by atoms with Crippen LogP contribution >= 0.6 is 0 Å². The van der Waals surface area contributed by atoms with Crippen molar-refractivity contribution < 1.29 is 9.84 Å². The molecular weight excluding hydrogens is 116 g/mol. The van der Waals surface area contributed by atoms with Crippen molar-refractivity contribution in [1.82, 2.24) is 0 Å². The molecule has 0 amide bonds. The fourth-order valence-corrected chi connectivity index (χ4v) is 1.18. The molecule has 0 aliphatic carbocycles. The minimum absolute atomic E-state index is 0.108. The van der Waals surface area contributed by atoms with E-state index in [1.165, 1.54) is 0 Å². The topological polar surface area (TPSA) is 29.5 Å². The summed E-state index contributed by atoms with van der Waals surface area (Å²) in [5.41, 5.74) is 0. The zero-order valence-corrected chi connectivity index (χ0v) is 5.84. The molecule has 0 bridgehead atoms. The molecule has 0 aromatic rings. The zero-order chi connectivity index (χ0) is 6.69. The minimum atomic E-state index is -0.108. The fraction of sp³-hybridized carbons (Fsp3) is 1.00. The monoisotopic (exact) mass is 130 g/mol. The lowest BCUT2D eigenvalue weighted by atomic mass is 9.96. The van der Waals surface area contributed by atoms with Gasteiger partial charge in [0.15, 0.2) is 0 Å². The highest BCUT2D eigenvalue weighted by Gasteiger charge is 2.21. The van der Waals surface area contributed by atoms with Crippen molar-refractivity contribution in [2.75, 3.05) is 13.2 Å². The van der Waals surface area contributed by atoms with E-state index >= 15 is 0 Å². The van der Waals surface area contributed by atoms with Gasteiger partial charge in [0.25, 0.3) is 0 Å². The molecule has 0 radical (unpaired) electrons. The fourth-order valence-electron chi connectivity index (χ4n) is 1.18. The lowest BCUT2D eigenvalue weighted by molar-refractivity contribution is -0.0364. The average Bonchev–Trinajstić information content (AvgIpc) is 1.89. The van der Waals surface area contributed by atoms with Gasteiger partial charge in [0.1, 0.15) is 0 Å². The average molecular weight is 130 g/mol. The van der Waals surface area contributed by atoms with Crippen molar-refractivity contribution in [1.29, 1.82) is 0 Å². The van der Waals surface area contributed by atoms with Crippen LogP contribution in [0, 0.1) is 5.92 Å². The molecule has 1 rings (SSSR count). The molecule has 1 aliphatic rings. The molecule has 1 fully saturated rings. The third kappa shape index (κ3) is 1.66. The third-order valence-electron chi connectivity index (χ3n) is 1.96. The van der Waals surface area contributed by atoms with Gasteiger partial charge in [-0.05, 0) is 12.8 Å². The van der Waals surface area contributed by atoms with Crippen LogP contribution in [-0.4, -0.2) is 24.4 Å². The Bertz CT molecular complexity index is 83.0. The molecular formula is C7H14O2. The van der Waals surface area contributed by atoms with Crippen molar-refractivity contribution in [3.8, 4) is 0 Å². The highest BCUT2D eigenvalue weighted by atomic mass is 16.5. The summed E-state index contributed by atoms with van der Waals surface area (Å²) in [4.78, 5) is 0. The molecule has 0 unspecified atom stereocenters. The Morgan fingerprint density at radius 2 is 2.44 bits per heavy atom. The highest BCUT2D eigenvalue weighted by molar-refractivity contribution is 4.70. The van der Waals surface area contributed by atoms with Crippen molar-refractivity contribution in [3.05, 3.63) is 0 Å². The van der Waals surface area contributed by atoms with E-state index in [2.05, 4.69) is 6.92 Å². The van der Waals surface area contributed by atoms with Gasteiger partial charge in [0.05, 0.1) is 12.7 Å². The first-order valence-electron chi connectivity index (χ1n) is 3.60. The van der Waals surface area contributed by atoms with Crippen LogP contribution in [0.15, 0.2) is 0 Å². The number of hydrogen-bond donors (Lipinski definition) is 1. The van der Waals surface area contributed by atoms with E-state index in [1.54, 1.807) is 0 Å². The molecule has 1 heterocycles. The Morgan fingerprint density at radius 3 is 2.89 bits per heavy atom. The van der Waals surface area contributed by atoms with Crippen LogP contribution in [0.1, 0.15) is 19.8 Å². The second-order valence-corrected chi connectivity index (χ2v) is 2.60. The molecule has 1 saturated heterocycles. The Balaban J connectivity index is 2.30. The highest BCUT2D eigenvalue weighted by Crippen LogP contribution is 2.16. The van der Waals surface area contributed by atoms with E-state index in [9.17, 15) is 5.11 Å². The maximum atomic E-state index is 9.29. The molecule has 0 aromatic heterocycles. The molecule has 1 N–H and O–H groups in total. The van der Waals surface area contributed by atoms with Gasteiger partial charge in [-0.15, -0.1) is 0 Å². The van der Waals surface area contributed by atoms with Crippen LogP contribution in [0.4, 0.5) is 0 Å². The Kier molecular flexibility index (Phi) is 2.49. The first-order valence-corrected chi connectivity index (χ1v) is 3.60. The van der Waals surface area contributed by atoms with Crippen molar-refractivity contribution >= 4 is 0 Å². The van der Waals surface area contributed by atoms with Gasteiger partial charge in [-0.3, -0.25) is 0 Å². The van der Waals surface area contributed by atoms with Crippen LogP contribution in [0.5, 0.6) is 0 Å². The Labute approximate surface area is 55.8 Å². The van der Waals surface area contributed by atoms with Crippen LogP contribution in [0.3, 0.4) is 0 Å². The van der Waals surface area contributed by atoms with Gasteiger partial charge >= 0.3 is 0 Å². The Hall–Kier alpha value is -0.0800. The Morgan fingerprint density at radius 1 is 1.67 bits per heavy atom. The van der Waals surface area contributed by atoms with E-state index < -0.39 is 0 Å². The number of ether oxygens (including phenoxy) is 1. The molecule has 0 saturated carbocycles. The van der Waals surface area contributed by atoms with Gasteiger partial charge in [-0.25, -0.2) is 0 Å². The van der Waals surface area contributed by atoms with Gasteiger partial charge < -0.3 is 9.84 Å². The zero-order valence-electron chi connectivity index (χ0n) is 5.84. The predicted molar refractivity (Wildman–Crippen MR) is 35.2 cm³/mol. The minimum Gasteiger partial charge on any atom is -0.393 e.